The van der Waals surface area contributed by atoms with E-state index in [9.17, 15) is 8.42 Å². The Hall–Kier alpha value is -0.490. The summed E-state index contributed by atoms with van der Waals surface area (Å²) in [5.74, 6) is 0. The number of hydrogen-bond donors (Lipinski definition) is 0. The zero-order valence-electron chi connectivity index (χ0n) is 6.02. The first kappa shape index (κ1) is 8.61. The number of hydrogen-bond acceptors (Lipinski definition) is 4. The fraction of sp³-hybridized carbons (Fsp3) is 0.600. The third kappa shape index (κ3) is 1.97. The fourth-order valence-corrected chi connectivity index (χ4v) is 2.87. The van der Waals surface area contributed by atoms with Crippen molar-refractivity contribution >= 4 is 29.3 Å². The molecule has 4 nitrogen and oxygen atoms in total. The lowest BCUT2D eigenvalue weighted by atomic mass is 10.4. The van der Waals surface area contributed by atoms with Gasteiger partial charge in [-0.3, -0.25) is 0 Å². The van der Waals surface area contributed by atoms with E-state index in [4.69, 9.17) is 0 Å². The summed E-state index contributed by atoms with van der Waals surface area (Å²) in [5.41, 5.74) is 1.38. The zero-order chi connectivity index (χ0) is 8.27. The molecule has 0 aromatic heterocycles. The van der Waals surface area contributed by atoms with Crippen LogP contribution in [0.2, 0.25) is 0 Å². The lowest BCUT2D eigenvalue weighted by molar-refractivity contribution is 0.628. The Kier molecular flexibility index (Phi) is 2.95. The van der Waals surface area contributed by atoms with Crippen molar-refractivity contribution in [2.75, 3.05) is 0 Å². The maximum atomic E-state index is 10.5. The van der Waals surface area contributed by atoms with Gasteiger partial charge in [-0.2, -0.15) is 13.5 Å². The van der Waals surface area contributed by atoms with Crippen molar-refractivity contribution in [2.45, 2.75) is 19.8 Å². The van der Waals surface area contributed by atoms with E-state index in [0.717, 1.165) is 12.8 Å². The van der Waals surface area contributed by atoms with Crippen molar-refractivity contribution in [1.29, 1.82) is 0 Å². The van der Waals surface area contributed by atoms with Crippen molar-refractivity contribution in [3.63, 3.8) is 0 Å². The van der Waals surface area contributed by atoms with Gasteiger partial charge in [-0.05, 0) is 12.8 Å². The molecule has 0 aliphatic carbocycles. The van der Waals surface area contributed by atoms with Gasteiger partial charge in [-0.15, -0.1) is 5.10 Å². The molecule has 0 saturated heterocycles. The predicted octanol–water partition coefficient (Wildman–Crippen LogP) is 0.554. The average Bonchev–Trinajstić information content (AvgIpc) is 2.36. The topological polar surface area (TPSA) is 58.9 Å². The Morgan fingerprint density at radius 2 is 2.36 bits per heavy atom. The lowest BCUT2D eigenvalue weighted by Crippen LogP contribution is -2.03. The van der Waals surface area contributed by atoms with E-state index < -0.39 is 18.7 Å². The monoisotopic (exact) mass is 192 g/mol. The van der Waals surface area contributed by atoms with Gasteiger partial charge in [-0.1, -0.05) is 6.92 Å². The highest BCUT2D eigenvalue weighted by Gasteiger charge is 2.10. The van der Waals surface area contributed by atoms with Crippen LogP contribution in [0, 0.1) is 0 Å². The van der Waals surface area contributed by atoms with Crippen molar-refractivity contribution in [2.24, 2.45) is 10.2 Å². The van der Waals surface area contributed by atoms with Crippen LogP contribution in [0.15, 0.2) is 10.2 Å². The Labute approximate surface area is 68.2 Å². The molecule has 1 rings (SSSR count). The second-order valence-electron chi connectivity index (χ2n) is 1.97. The van der Waals surface area contributed by atoms with Crippen LogP contribution < -0.4 is 0 Å². The van der Waals surface area contributed by atoms with Crippen LogP contribution in [0.1, 0.15) is 19.8 Å². The highest BCUT2D eigenvalue weighted by atomic mass is 32.9. The highest BCUT2D eigenvalue weighted by molar-refractivity contribution is 8.48. The van der Waals surface area contributed by atoms with E-state index in [1.165, 1.54) is 5.55 Å². The van der Waals surface area contributed by atoms with Crippen molar-refractivity contribution in [3.8, 4) is 0 Å². The molecule has 0 spiro atoms. The molecule has 0 fully saturated rings. The third-order valence-corrected chi connectivity index (χ3v) is 4.20. The van der Waals surface area contributed by atoms with Crippen LogP contribution in [0.3, 0.4) is 0 Å². The van der Waals surface area contributed by atoms with E-state index >= 15 is 0 Å². The molecule has 0 N–H and O–H groups in total. The second kappa shape index (κ2) is 3.77. The van der Waals surface area contributed by atoms with Gasteiger partial charge < -0.3 is 0 Å². The van der Waals surface area contributed by atoms with Crippen LogP contribution in [0.5, 0.6) is 0 Å². The molecule has 11 heavy (non-hydrogen) atoms. The van der Waals surface area contributed by atoms with Gasteiger partial charge in [0.15, 0.2) is 0 Å². The molecule has 1 heterocycles. The molecule has 1 aliphatic rings. The van der Waals surface area contributed by atoms with E-state index in [0.29, 0.717) is 5.04 Å². The van der Waals surface area contributed by atoms with Crippen LogP contribution in [0.25, 0.3) is 0 Å². The summed E-state index contributed by atoms with van der Waals surface area (Å²) < 4.78 is 21.1. The maximum Gasteiger partial charge on any atom is 0.251 e. The molecule has 0 aromatic rings. The van der Waals surface area contributed by atoms with Crippen molar-refractivity contribution in [1.82, 2.24) is 0 Å². The van der Waals surface area contributed by atoms with Crippen molar-refractivity contribution in [3.05, 3.63) is 0 Å². The standard InChI is InChI=1S/C5H8N2O2S2/c1-2-3-5-7-6-4-10(5)11(8)9/h4H,2-3H2,1H3. The largest absolute Gasteiger partial charge is 0.251 e. The van der Waals surface area contributed by atoms with Crippen LogP contribution in [-0.2, 0) is 18.7 Å². The molecule has 0 aromatic carbocycles. The number of rotatable bonds is 2. The van der Waals surface area contributed by atoms with Gasteiger partial charge in [0, 0.05) is 9.45 Å². The normalized spacial score (nSPS) is 21.9. The zero-order valence-corrected chi connectivity index (χ0v) is 7.65. The minimum Gasteiger partial charge on any atom is -0.177 e. The summed E-state index contributed by atoms with van der Waals surface area (Å²) >= 11 is 0. The van der Waals surface area contributed by atoms with Crippen LogP contribution >= 0.6 is 0 Å². The maximum absolute atomic E-state index is 10.5. The fourth-order valence-electron chi connectivity index (χ4n) is 0.710. The summed E-state index contributed by atoms with van der Waals surface area (Å²) in [5, 5.41) is 7.98. The van der Waals surface area contributed by atoms with Crippen LogP contribution in [-0.4, -0.2) is 19.0 Å². The highest BCUT2D eigenvalue weighted by Crippen LogP contribution is 2.03. The lowest BCUT2D eigenvalue weighted by Gasteiger charge is -1.92. The van der Waals surface area contributed by atoms with Gasteiger partial charge in [0.25, 0.3) is 9.26 Å². The smallest absolute Gasteiger partial charge is 0.177 e. The number of nitrogens with zero attached hydrogens (tertiary/aromatic N) is 2. The molecule has 0 amide bonds. The molecule has 0 saturated carbocycles. The van der Waals surface area contributed by atoms with Gasteiger partial charge in [0.05, 0.1) is 5.55 Å². The minimum atomic E-state index is -2.07. The van der Waals surface area contributed by atoms with Crippen molar-refractivity contribution < 1.29 is 8.42 Å². The molecule has 1 unspecified atom stereocenters. The Morgan fingerprint density at radius 1 is 1.64 bits per heavy atom. The SMILES string of the molecule is CCCC1=NN=CS1=S(=O)=O. The second-order valence-corrected chi connectivity index (χ2v) is 5.55. The summed E-state index contributed by atoms with van der Waals surface area (Å²) in [6.07, 6.45) is 1.62. The first-order valence-corrected chi connectivity index (χ1v) is 6.06. The molecular formula is C5H8N2O2S2. The van der Waals surface area contributed by atoms with E-state index in [1.807, 2.05) is 6.92 Å². The predicted molar refractivity (Wildman–Crippen MR) is 47.1 cm³/mol. The molecule has 0 bridgehead atoms. The first-order chi connectivity index (χ1) is 5.25. The molecule has 1 atom stereocenters. The summed E-state index contributed by atoms with van der Waals surface area (Å²) in [7, 11) is -2.92. The Morgan fingerprint density at radius 3 is 2.91 bits per heavy atom. The Bertz CT molecular complexity index is 331. The van der Waals surface area contributed by atoms with E-state index in [-0.39, 0.29) is 0 Å². The molecule has 1 aliphatic heterocycles. The Balaban J connectivity index is 2.96. The van der Waals surface area contributed by atoms with E-state index in [2.05, 4.69) is 10.2 Å². The minimum absolute atomic E-state index is 0.681. The quantitative estimate of drug-likeness (QED) is 0.641. The first-order valence-electron chi connectivity index (χ1n) is 3.18. The summed E-state index contributed by atoms with van der Waals surface area (Å²) in [6, 6.07) is 0. The van der Waals surface area contributed by atoms with Gasteiger partial charge in [0.2, 0.25) is 0 Å². The molecule has 0 radical (unpaired) electrons. The van der Waals surface area contributed by atoms with Crippen LogP contribution in [0.4, 0.5) is 0 Å². The summed E-state index contributed by atoms with van der Waals surface area (Å²) in [4.78, 5) is 0. The molecule has 6 heteroatoms. The van der Waals surface area contributed by atoms with E-state index in [1.54, 1.807) is 0 Å². The summed E-state index contributed by atoms with van der Waals surface area (Å²) in [6.45, 7) is 1.98. The molecule has 62 valence electrons. The molecular weight excluding hydrogens is 184 g/mol. The van der Waals surface area contributed by atoms with Gasteiger partial charge in [-0.25, -0.2) is 0 Å². The van der Waals surface area contributed by atoms with Gasteiger partial charge >= 0.3 is 0 Å². The van der Waals surface area contributed by atoms with Gasteiger partial charge in [0.1, 0.15) is 5.04 Å². The third-order valence-electron chi connectivity index (χ3n) is 1.15. The average molecular weight is 192 g/mol.